The molecule has 2 aromatic carbocycles. The first-order valence-electron chi connectivity index (χ1n) is 11.8. The Morgan fingerprint density at radius 3 is 2.33 bits per heavy atom. The number of nitro groups is 2. The highest BCUT2D eigenvalue weighted by Crippen LogP contribution is 2.29. The van der Waals surface area contributed by atoms with E-state index >= 15 is 4.39 Å². The third-order valence-corrected chi connectivity index (χ3v) is 6.46. The predicted octanol–water partition coefficient (Wildman–Crippen LogP) is 2.22. The lowest BCUT2D eigenvalue weighted by molar-refractivity contribution is -0.394. The highest BCUT2D eigenvalue weighted by atomic mass is 19.1. The summed E-state index contributed by atoms with van der Waals surface area (Å²) in [4.78, 5) is 50.5. The predicted molar refractivity (Wildman–Crippen MR) is 132 cm³/mol. The lowest BCUT2D eigenvalue weighted by Crippen LogP contribution is -2.49. The third-order valence-electron chi connectivity index (χ3n) is 6.46. The van der Waals surface area contributed by atoms with Crippen LogP contribution in [-0.4, -0.2) is 80.6 Å². The Labute approximate surface area is 219 Å². The summed E-state index contributed by atoms with van der Waals surface area (Å²) in [7, 11) is 0. The van der Waals surface area contributed by atoms with Gasteiger partial charge in [0, 0.05) is 44.5 Å². The number of rotatable bonds is 7. The summed E-state index contributed by atoms with van der Waals surface area (Å²) in [6, 6.07) is 7.19. The van der Waals surface area contributed by atoms with Crippen LogP contribution in [0.15, 0.2) is 48.8 Å². The maximum atomic E-state index is 15.1. The molecule has 0 spiro atoms. The van der Waals surface area contributed by atoms with Crippen LogP contribution in [0.5, 0.6) is 0 Å². The molecule has 16 heteroatoms. The molecule has 15 nitrogen and oxygen atoms in total. The van der Waals surface area contributed by atoms with Gasteiger partial charge in [-0.1, -0.05) is 5.21 Å². The maximum Gasteiger partial charge on any atom is 0.414 e. The first kappa shape index (κ1) is 25.5. The van der Waals surface area contributed by atoms with Crippen LogP contribution in [0, 0.1) is 26.0 Å². The fourth-order valence-electron chi connectivity index (χ4n) is 4.55. The number of non-ortho nitro benzene ring substituents is 2. The van der Waals surface area contributed by atoms with Crippen molar-refractivity contribution in [1.29, 1.82) is 0 Å². The van der Waals surface area contributed by atoms with Gasteiger partial charge in [-0.3, -0.25) is 29.9 Å². The number of cyclic esters (lactones) is 1. The average Bonchev–Trinajstić information content (AvgIpc) is 3.57. The van der Waals surface area contributed by atoms with Crippen LogP contribution in [0.4, 0.5) is 31.9 Å². The van der Waals surface area contributed by atoms with E-state index < -0.39 is 45.1 Å². The van der Waals surface area contributed by atoms with Crippen LogP contribution in [0.25, 0.3) is 0 Å². The summed E-state index contributed by atoms with van der Waals surface area (Å²) in [5.41, 5.74) is -0.661. The molecule has 2 aliphatic heterocycles. The summed E-state index contributed by atoms with van der Waals surface area (Å²) in [6.07, 6.45) is 2.09. The number of carbonyl (C=O) groups is 2. The number of halogens is 1. The van der Waals surface area contributed by atoms with Gasteiger partial charge in [-0.2, -0.15) is 0 Å². The van der Waals surface area contributed by atoms with Gasteiger partial charge < -0.3 is 14.5 Å². The van der Waals surface area contributed by atoms with Crippen LogP contribution in [0.1, 0.15) is 10.4 Å². The fraction of sp³-hybridized carbons (Fsp3) is 0.304. The van der Waals surface area contributed by atoms with Crippen molar-refractivity contribution in [2.45, 2.75) is 12.6 Å². The van der Waals surface area contributed by atoms with Crippen molar-refractivity contribution >= 4 is 34.7 Å². The number of hydrogen-bond acceptors (Lipinski definition) is 10. The normalized spacial score (nSPS) is 17.3. The number of aromatic nitrogens is 3. The standard InChI is InChI=1S/C23H21FN8O7/c24-20-12-16(30-14-19(39-23(30)34)13-29-4-3-25-26-29)1-2-21(20)27-5-7-28(8-6-27)22(33)15-9-17(31(35)36)11-18(10-15)32(37)38/h1-4,9-12,19H,5-8,13-14H2/t19-/m0/s1. The molecule has 0 unspecified atom stereocenters. The molecule has 2 aliphatic rings. The second-order valence-corrected chi connectivity index (χ2v) is 8.91. The van der Waals surface area contributed by atoms with Gasteiger partial charge >= 0.3 is 6.09 Å². The molecule has 3 aromatic rings. The first-order chi connectivity index (χ1) is 18.7. The monoisotopic (exact) mass is 540 g/mol. The second kappa shape index (κ2) is 10.3. The summed E-state index contributed by atoms with van der Waals surface area (Å²) in [5.74, 6) is -1.15. The Kier molecular flexibility index (Phi) is 6.74. The van der Waals surface area contributed by atoms with E-state index in [2.05, 4.69) is 10.3 Å². The highest BCUT2D eigenvalue weighted by Gasteiger charge is 2.34. The van der Waals surface area contributed by atoms with E-state index in [0.717, 1.165) is 18.2 Å². The molecule has 1 aromatic heterocycles. The smallest absolute Gasteiger partial charge is 0.414 e. The van der Waals surface area contributed by atoms with E-state index in [1.165, 1.54) is 26.7 Å². The van der Waals surface area contributed by atoms with Crippen molar-refractivity contribution in [1.82, 2.24) is 19.9 Å². The molecule has 202 valence electrons. The topological polar surface area (TPSA) is 170 Å². The molecule has 0 aliphatic carbocycles. The molecule has 0 radical (unpaired) electrons. The quantitative estimate of drug-likeness (QED) is 0.320. The van der Waals surface area contributed by atoms with Crippen molar-refractivity contribution in [2.75, 3.05) is 42.5 Å². The minimum Gasteiger partial charge on any atom is -0.442 e. The minimum absolute atomic E-state index is 0.166. The van der Waals surface area contributed by atoms with Gasteiger partial charge in [0.2, 0.25) is 0 Å². The molecule has 3 heterocycles. The number of anilines is 2. The summed E-state index contributed by atoms with van der Waals surface area (Å²) < 4.78 is 22.0. The molecule has 0 saturated carbocycles. The number of nitrogens with zero attached hydrogens (tertiary/aromatic N) is 8. The first-order valence-corrected chi connectivity index (χ1v) is 11.8. The van der Waals surface area contributed by atoms with Crippen molar-refractivity contribution in [3.8, 4) is 0 Å². The van der Waals surface area contributed by atoms with Gasteiger partial charge in [0.1, 0.15) is 11.9 Å². The van der Waals surface area contributed by atoms with Crippen molar-refractivity contribution in [3.63, 3.8) is 0 Å². The molecule has 2 saturated heterocycles. The molecule has 39 heavy (non-hydrogen) atoms. The van der Waals surface area contributed by atoms with E-state index in [1.807, 2.05) is 0 Å². The zero-order valence-electron chi connectivity index (χ0n) is 20.3. The Bertz CT molecular complexity index is 1410. The fourth-order valence-corrected chi connectivity index (χ4v) is 4.55. The van der Waals surface area contributed by atoms with E-state index in [9.17, 15) is 29.8 Å². The van der Waals surface area contributed by atoms with Crippen LogP contribution >= 0.6 is 0 Å². The molecule has 0 N–H and O–H groups in total. The zero-order chi connectivity index (χ0) is 27.7. The van der Waals surface area contributed by atoms with Gasteiger partial charge in [0.05, 0.1) is 52.1 Å². The molecular weight excluding hydrogens is 519 g/mol. The summed E-state index contributed by atoms with van der Waals surface area (Å²) >= 11 is 0. The maximum absolute atomic E-state index is 15.1. The van der Waals surface area contributed by atoms with Crippen LogP contribution in [0.3, 0.4) is 0 Å². The molecule has 1 atom stereocenters. The molecule has 0 bridgehead atoms. The minimum atomic E-state index is -0.799. The Morgan fingerprint density at radius 2 is 1.74 bits per heavy atom. The average molecular weight is 540 g/mol. The number of carbonyl (C=O) groups excluding carboxylic acids is 2. The van der Waals surface area contributed by atoms with E-state index in [0.29, 0.717) is 12.2 Å². The lowest BCUT2D eigenvalue weighted by atomic mass is 10.1. The molecule has 5 rings (SSSR count). The van der Waals surface area contributed by atoms with E-state index in [-0.39, 0.29) is 44.0 Å². The van der Waals surface area contributed by atoms with Gasteiger partial charge in [-0.05, 0) is 18.2 Å². The Balaban J connectivity index is 1.23. The van der Waals surface area contributed by atoms with Crippen molar-refractivity contribution in [2.24, 2.45) is 0 Å². The Hall–Kier alpha value is -5.15. The van der Waals surface area contributed by atoms with Gasteiger partial charge in [0.15, 0.2) is 0 Å². The summed E-state index contributed by atoms with van der Waals surface area (Å²) in [6.45, 7) is 1.37. The highest BCUT2D eigenvalue weighted by molar-refractivity contribution is 5.96. The summed E-state index contributed by atoms with van der Waals surface area (Å²) in [5, 5.41) is 29.8. The number of benzene rings is 2. The SMILES string of the molecule is O=C(c1cc([N+](=O)[O-])cc([N+](=O)[O-])c1)N1CCN(c2ccc(N3C[C@H](Cn4ccnn4)OC3=O)cc2F)CC1. The lowest BCUT2D eigenvalue weighted by Gasteiger charge is -2.36. The van der Waals surface area contributed by atoms with Crippen molar-refractivity contribution in [3.05, 3.63) is 80.4 Å². The van der Waals surface area contributed by atoms with Crippen LogP contribution in [-0.2, 0) is 11.3 Å². The van der Waals surface area contributed by atoms with Gasteiger partial charge in [-0.25, -0.2) is 13.9 Å². The molecule has 2 amide bonds. The van der Waals surface area contributed by atoms with Gasteiger partial charge in [0.25, 0.3) is 17.3 Å². The number of ether oxygens (including phenoxy) is 1. The zero-order valence-corrected chi connectivity index (χ0v) is 20.3. The largest absolute Gasteiger partial charge is 0.442 e. The Morgan fingerprint density at radius 1 is 1.05 bits per heavy atom. The van der Waals surface area contributed by atoms with Crippen LogP contribution < -0.4 is 9.80 Å². The van der Waals surface area contributed by atoms with Crippen LogP contribution in [0.2, 0.25) is 0 Å². The van der Waals surface area contributed by atoms with Crippen molar-refractivity contribution < 1.29 is 28.6 Å². The number of nitro benzene ring substituents is 2. The number of amides is 2. The third kappa shape index (κ3) is 5.29. The number of piperazine rings is 1. The second-order valence-electron chi connectivity index (χ2n) is 8.91. The van der Waals surface area contributed by atoms with E-state index in [4.69, 9.17) is 4.74 Å². The van der Waals surface area contributed by atoms with E-state index in [1.54, 1.807) is 23.2 Å². The number of hydrogen-bond donors (Lipinski definition) is 0. The van der Waals surface area contributed by atoms with Gasteiger partial charge in [-0.15, -0.1) is 5.10 Å². The molecular formula is C23H21FN8O7. The molecule has 2 fully saturated rings.